The maximum Gasteiger partial charge on any atom is 0.310 e. The van der Waals surface area contributed by atoms with Crippen LogP contribution in [0.15, 0.2) is 28.7 Å². The highest BCUT2D eigenvalue weighted by Crippen LogP contribution is 2.48. The first-order valence-electron chi connectivity index (χ1n) is 5.85. The van der Waals surface area contributed by atoms with Crippen molar-refractivity contribution in [2.45, 2.75) is 38.7 Å². The Morgan fingerprint density at radius 2 is 1.88 bits per heavy atom. The summed E-state index contributed by atoms with van der Waals surface area (Å²) in [5.74, 6) is 0.332. The standard InChI is InChI=1S/C14H17BrO2/c1-14(2,3)17-13(16)12-8-11(12)9-4-6-10(15)7-5-9/h4-7,11-12H,8H2,1-3H3/t11-,12+/m0/s1. The molecule has 0 N–H and O–H groups in total. The molecule has 0 heterocycles. The monoisotopic (exact) mass is 296 g/mol. The third-order valence-corrected chi connectivity index (χ3v) is 3.33. The fourth-order valence-electron chi connectivity index (χ4n) is 1.91. The molecule has 0 radical (unpaired) electrons. The van der Waals surface area contributed by atoms with E-state index in [9.17, 15) is 4.79 Å². The molecule has 0 bridgehead atoms. The summed E-state index contributed by atoms with van der Waals surface area (Å²) in [6, 6.07) is 8.16. The molecule has 0 unspecified atom stereocenters. The Morgan fingerprint density at radius 1 is 1.29 bits per heavy atom. The van der Waals surface area contributed by atoms with Gasteiger partial charge in [-0.25, -0.2) is 0 Å². The summed E-state index contributed by atoms with van der Waals surface area (Å²) >= 11 is 3.41. The molecule has 1 aromatic rings. The van der Waals surface area contributed by atoms with Crippen LogP contribution in [0, 0.1) is 5.92 Å². The van der Waals surface area contributed by atoms with Gasteiger partial charge >= 0.3 is 5.97 Å². The third-order valence-electron chi connectivity index (χ3n) is 2.80. The normalized spacial score (nSPS) is 23.3. The van der Waals surface area contributed by atoms with E-state index in [0.29, 0.717) is 5.92 Å². The first-order valence-corrected chi connectivity index (χ1v) is 6.64. The molecule has 1 fully saturated rings. The Labute approximate surface area is 110 Å². The molecule has 1 aliphatic rings. The summed E-state index contributed by atoms with van der Waals surface area (Å²) in [5, 5.41) is 0. The lowest BCUT2D eigenvalue weighted by atomic mass is 10.1. The molecule has 0 amide bonds. The number of hydrogen-bond donors (Lipinski definition) is 0. The minimum absolute atomic E-state index is 0.0513. The zero-order chi connectivity index (χ0) is 12.6. The van der Waals surface area contributed by atoms with Gasteiger partial charge in [-0.2, -0.15) is 0 Å². The Kier molecular flexibility index (Phi) is 3.30. The molecule has 2 nitrogen and oxygen atoms in total. The van der Waals surface area contributed by atoms with Crippen molar-refractivity contribution in [1.82, 2.24) is 0 Å². The first-order chi connectivity index (χ1) is 7.87. The number of carbonyl (C=O) groups is 1. The SMILES string of the molecule is CC(C)(C)OC(=O)[C@@H]1C[C@H]1c1ccc(Br)cc1. The number of halogens is 1. The van der Waals surface area contributed by atoms with Crippen molar-refractivity contribution in [3.05, 3.63) is 34.3 Å². The second kappa shape index (κ2) is 4.45. The van der Waals surface area contributed by atoms with Crippen molar-refractivity contribution in [3.63, 3.8) is 0 Å². The van der Waals surface area contributed by atoms with Crippen LogP contribution in [0.3, 0.4) is 0 Å². The van der Waals surface area contributed by atoms with Gasteiger partial charge in [0.2, 0.25) is 0 Å². The van der Waals surface area contributed by atoms with E-state index in [1.165, 1.54) is 5.56 Å². The van der Waals surface area contributed by atoms with Crippen LogP contribution in [0.4, 0.5) is 0 Å². The fraction of sp³-hybridized carbons (Fsp3) is 0.500. The smallest absolute Gasteiger partial charge is 0.310 e. The lowest BCUT2D eigenvalue weighted by molar-refractivity contribution is -0.156. The van der Waals surface area contributed by atoms with Crippen LogP contribution in [0.25, 0.3) is 0 Å². The zero-order valence-corrected chi connectivity index (χ0v) is 12.0. The van der Waals surface area contributed by atoms with Crippen molar-refractivity contribution in [1.29, 1.82) is 0 Å². The van der Waals surface area contributed by atoms with Gasteiger partial charge in [0.1, 0.15) is 5.60 Å². The van der Waals surface area contributed by atoms with E-state index < -0.39 is 0 Å². The summed E-state index contributed by atoms with van der Waals surface area (Å²) in [4.78, 5) is 11.8. The molecule has 2 rings (SSSR count). The maximum atomic E-state index is 11.8. The van der Waals surface area contributed by atoms with E-state index in [-0.39, 0.29) is 17.5 Å². The molecule has 3 heteroatoms. The van der Waals surface area contributed by atoms with Crippen LogP contribution in [0.5, 0.6) is 0 Å². The molecule has 17 heavy (non-hydrogen) atoms. The van der Waals surface area contributed by atoms with Gasteiger partial charge in [0.05, 0.1) is 5.92 Å². The van der Waals surface area contributed by atoms with Crippen LogP contribution in [0.2, 0.25) is 0 Å². The zero-order valence-electron chi connectivity index (χ0n) is 10.4. The van der Waals surface area contributed by atoms with Crippen molar-refractivity contribution < 1.29 is 9.53 Å². The van der Waals surface area contributed by atoms with E-state index in [1.54, 1.807) is 0 Å². The summed E-state index contributed by atoms with van der Waals surface area (Å²) in [6.07, 6.45) is 0.913. The quantitative estimate of drug-likeness (QED) is 0.774. The molecule has 0 saturated heterocycles. The number of carbonyl (C=O) groups excluding carboxylic acids is 1. The molecule has 1 saturated carbocycles. The topological polar surface area (TPSA) is 26.3 Å². The van der Waals surface area contributed by atoms with Gasteiger partial charge in [0.15, 0.2) is 0 Å². The Balaban J connectivity index is 1.96. The van der Waals surface area contributed by atoms with E-state index in [2.05, 4.69) is 28.1 Å². The first kappa shape index (κ1) is 12.6. The van der Waals surface area contributed by atoms with Crippen LogP contribution >= 0.6 is 15.9 Å². The molecule has 92 valence electrons. The van der Waals surface area contributed by atoms with E-state index in [1.807, 2.05) is 32.9 Å². The summed E-state index contributed by atoms with van der Waals surface area (Å²) in [7, 11) is 0. The fourth-order valence-corrected chi connectivity index (χ4v) is 2.18. The molecule has 0 aliphatic heterocycles. The number of hydrogen-bond acceptors (Lipinski definition) is 2. The molecule has 2 atom stereocenters. The second-order valence-electron chi connectivity index (χ2n) is 5.53. The van der Waals surface area contributed by atoms with E-state index in [4.69, 9.17) is 4.74 Å². The van der Waals surface area contributed by atoms with Gasteiger partial charge in [-0.15, -0.1) is 0 Å². The minimum atomic E-state index is -0.385. The number of ether oxygens (including phenoxy) is 1. The van der Waals surface area contributed by atoms with Crippen LogP contribution < -0.4 is 0 Å². The van der Waals surface area contributed by atoms with Crippen molar-refractivity contribution >= 4 is 21.9 Å². The summed E-state index contributed by atoms with van der Waals surface area (Å²) in [6.45, 7) is 5.71. The average molecular weight is 297 g/mol. The molecule has 0 spiro atoms. The van der Waals surface area contributed by atoms with Gasteiger partial charge < -0.3 is 4.74 Å². The molecule has 0 aromatic heterocycles. The lowest BCUT2D eigenvalue weighted by Gasteiger charge is -2.19. The highest BCUT2D eigenvalue weighted by Gasteiger charge is 2.46. The Hall–Kier alpha value is -0.830. The average Bonchev–Trinajstić information content (AvgIpc) is 2.96. The van der Waals surface area contributed by atoms with Gasteiger partial charge in [0.25, 0.3) is 0 Å². The van der Waals surface area contributed by atoms with Gasteiger partial charge in [-0.3, -0.25) is 4.79 Å². The number of esters is 1. The minimum Gasteiger partial charge on any atom is -0.460 e. The second-order valence-corrected chi connectivity index (χ2v) is 6.45. The number of rotatable bonds is 2. The predicted octanol–water partition coefficient (Wildman–Crippen LogP) is 3.89. The summed E-state index contributed by atoms with van der Waals surface area (Å²) in [5.41, 5.74) is 0.841. The largest absolute Gasteiger partial charge is 0.460 e. The van der Waals surface area contributed by atoms with Gasteiger partial charge in [-0.1, -0.05) is 28.1 Å². The highest BCUT2D eigenvalue weighted by molar-refractivity contribution is 9.10. The molecular weight excluding hydrogens is 280 g/mol. The third kappa shape index (κ3) is 3.32. The van der Waals surface area contributed by atoms with Gasteiger partial charge in [0, 0.05) is 4.47 Å². The highest BCUT2D eigenvalue weighted by atomic mass is 79.9. The number of benzene rings is 1. The predicted molar refractivity (Wildman–Crippen MR) is 70.8 cm³/mol. The van der Waals surface area contributed by atoms with Gasteiger partial charge in [-0.05, 0) is 50.8 Å². The molecule has 1 aliphatic carbocycles. The van der Waals surface area contributed by atoms with E-state index in [0.717, 1.165) is 10.9 Å². The molecular formula is C14H17BrO2. The lowest BCUT2D eigenvalue weighted by Crippen LogP contribution is -2.25. The van der Waals surface area contributed by atoms with Crippen molar-refractivity contribution in [2.75, 3.05) is 0 Å². The summed E-state index contributed by atoms with van der Waals surface area (Å²) < 4.78 is 6.45. The Bertz CT molecular complexity index is 417. The van der Waals surface area contributed by atoms with Crippen molar-refractivity contribution in [2.24, 2.45) is 5.92 Å². The van der Waals surface area contributed by atoms with Crippen LogP contribution in [0.1, 0.15) is 38.7 Å². The van der Waals surface area contributed by atoms with Crippen molar-refractivity contribution in [3.8, 4) is 0 Å². The van der Waals surface area contributed by atoms with Crippen LogP contribution in [-0.4, -0.2) is 11.6 Å². The molecule has 1 aromatic carbocycles. The maximum absolute atomic E-state index is 11.8. The van der Waals surface area contributed by atoms with E-state index >= 15 is 0 Å². The Morgan fingerprint density at radius 3 is 2.41 bits per heavy atom. The van der Waals surface area contributed by atoms with Crippen LogP contribution in [-0.2, 0) is 9.53 Å².